The number of H-pyrrole nitrogens is 1. The van der Waals surface area contributed by atoms with Gasteiger partial charge in [-0.15, -0.1) is 0 Å². The van der Waals surface area contributed by atoms with E-state index in [2.05, 4.69) is 19.6 Å². The Hall–Kier alpha value is -2.21. The molecule has 0 saturated carbocycles. The van der Waals surface area contributed by atoms with Gasteiger partial charge in [-0.2, -0.15) is 4.72 Å². The second-order valence-electron chi connectivity index (χ2n) is 9.67. The fourth-order valence-corrected chi connectivity index (χ4v) is 6.75. The van der Waals surface area contributed by atoms with Gasteiger partial charge in [-0.25, -0.2) is 13.4 Å². The number of hydrogen-bond donors (Lipinski definition) is 2. The zero-order valence-electron chi connectivity index (χ0n) is 19.6. The van der Waals surface area contributed by atoms with Crippen molar-refractivity contribution in [2.45, 2.75) is 55.8 Å². The molecule has 5 rings (SSSR count). The third-order valence-corrected chi connectivity index (χ3v) is 8.73. The number of hydrogen-bond acceptors (Lipinski definition) is 6. The van der Waals surface area contributed by atoms with Crippen molar-refractivity contribution in [1.82, 2.24) is 29.4 Å². The van der Waals surface area contributed by atoms with Gasteiger partial charge in [-0.1, -0.05) is 11.6 Å². The summed E-state index contributed by atoms with van der Waals surface area (Å²) >= 11 is 5.98. The highest BCUT2D eigenvalue weighted by Crippen LogP contribution is 2.23. The van der Waals surface area contributed by atoms with Crippen LogP contribution in [0.1, 0.15) is 38.5 Å². The standard InChI is InChI=1S/C23H31ClN6O4S/c24-16-7-8-18-20(13-16)26-23(25-18)35(33,34)27-19-6-4-11-29(22(19)32)15-21(31)30-12-3-5-17(30)14-28-9-1-2-10-28/h7-8,13,17,19,27H,1-6,9-12,14-15H2,(H,25,26)/t17-,19-/m0/s1. The van der Waals surface area contributed by atoms with Gasteiger partial charge in [-0.3, -0.25) is 9.59 Å². The van der Waals surface area contributed by atoms with E-state index in [-0.39, 0.29) is 29.6 Å². The highest BCUT2D eigenvalue weighted by Gasteiger charge is 2.37. The largest absolute Gasteiger partial charge is 0.337 e. The summed E-state index contributed by atoms with van der Waals surface area (Å²) in [4.78, 5) is 39.0. The number of carbonyl (C=O) groups is 2. The number of aromatic nitrogens is 2. The Labute approximate surface area is 210 Å². The lowest BCUT2D eigenvalue weighted by Crippen LogP contribution is -2.55. The number of nitrogens with zero attached hydrogens (tertiary/aromatic N) is 4. The molecule has 3 saturated heterocycles. The number of rotatable bonds is 7. The molecule has 12 heteroatoms. The van der Waals surface area contributed by atoms with Crippen molar-refractivity contribution in [3.05, 3.63) is 23.2 Å². The second-order valence-corrected chi connectivity index (χ2v) is 11.7. The number of nitrogens with one attached hydrogen (secondary N) is 2. The quantitative estimate of drug-likeness (QED) is 0.570. The molecule has 3 aliphatic rings. The molecule has 0 spiro atoms. The number of halogens is 1. The van der Waals surface area contributed by atoms with Gasteiger partial charge in [0.05, 0.1) is 17.6 Å². The molecule has 2 amide bonds. The first-order chi connectivity index (χ1) is 16.8. The summed E-state index contributed by atoms with van der Waals surface area (Å²) in [5.41, 5.74) is 0.959. The van der Waals surface area contributed by atoms with Crippen molar-refractivity contribution in [3.8, 4) is 0 Å². The number of aromatic amines is 1. The molecule has 2 N–H and O–H groups in total. The van der Waals surface area contributed by atoms with Gasteiger partial charge in [0.25, 0.3) is 10.0 Å². The topological polar surface area (TPSA) is 119 Å². The molecule has 190 valence electrons. The highest BCUT2D eigenvalue weighted by molar-refractivity contribution is 7.89. The third-order valence-electron chi connectivity index (χ3n) is 7.20. The minimum atomic E-state index is -4.07. The van der Waals surface area contributed by atoms with Crippen LogP contribution in [0.3, 0.4) is 0 Å². The summed E-state index contributed by atoms with van der Waals surface area (Å²) in [6, 6.07) is 4.11. The zero-order chi connectivity index (χ0) is 24.6. The lowest BCUT2D eigenvalue weighted by Gasteiger charge is -2.34. The zero-order valence-corrected chi connectivity index (χ0v) is 21.2. The van der Waals surface area contributed by atoms with E-state index in [0.717, 1.165) is 32.5 Å². The van der Waals surface area contributed by atoms with E-state index in [9.17, 15) is 18.0 Å². The van der Waals surface area contributed by atoms with Gasteiger partial charge in [0.1, 0.15) is 6.04 Å². The monoisotopic (exact) mass is 522 g/mol. The fraction of sp³-hybridized carbons (Fsp3) is 0.609. The molecule has 3 fully saturated rings. The molecule has 0 bridgehead atoms. The lowest BCUT2D eigenvalue weighted by atomic mass is 10.1. The van der Waals surface area contributed by atoms with Crippen LogP contribution in [0.15, 0.2) is 23.4 Å². The molecule has 35 heavy (non-hydrogen) atoms. The van der Waals surface area contributed by atoms with Crippen molar-refractivity contribution >= 4 is 44.5 Å². The molecule has 3 aliphatic heterocycles. The first-order valence-electron chi connectivity index (χ1n) is 12.3. The molecule has 10 nitrogen and oxygen atoms in total. The molecule has 1 aromatic heterocycles. The lowest BCUT2D eigenvalue weighted by molar-refractivity contribution is -0.143. The van der Waals surface area contributed by atoms with Crippen molar-refractivity contribution in [1.29, 1.82) is 0 Å². The number of imidazole rings is 1. The fourth-order valence-electron chi connectivity index (χ4n) is 5.41. The summed E-state index contributed by atoms with van der Waals surface area (Å²) in [6.07, 6.45) is 5.37. The maximum atomic E-state index is 13.1. The van der Waals surface area contributed by atoms with Crippen LogP contribution in [0.25, 0.3) is 11.0 Å². The Morgan fingerprint density at radius 1 is 1.11 bits per heavy atom. The number of carbonyl (C=O) groups excluding carboxylic acids is 2. The molecule has 2 aromatic rings. The Bertz CT molecular complexity index is 1210. The van der Waals surface area contributed by atoms with Gasteiger partial charge in [0, 0.05) is 30.7 Å². The van der Waals surface area contributed by atoms with Crippen molar-refractivity contribution in [3.63, 3.8) is 0 Å². The van der Waals surface area contributed by atoms with Gasteiger partial charge in [0.15, 0.2) is 0 Å². The Morgan fingerprint density at radius 3 is 2.69 bits per heavy atom. The first-order valence-corrected chi connectivity index (χ1v) is 14.1. The maximum absolute atomic E-state index is 13.1. The van der Waals surface area contributed by atoms with E-state index in [1.807, 2.05) is 4.90 Å². The Kier molecular flexibility index (Phi) is 7.02. The molecular weight excluding hydrogens is 492 g/mol. The van der Waals surface area contributed by atoms with Crippen molar-refractivity contribution in [2.75, 3.05) is 39.3 Å². The minimum absolute atomic E-state index is 0.0172. The predicted molar refractivity (Wildman–Crippen MR) is 131 cm³/mol. The number of amides is 2. The summed E-state index contributed by atoms with van der Waals surface area (Å²) in [7, 11) is -4.07. The number of likely N-dealkylation sites (tertiary alicyclic amines) is 3. The Morgan fingerprint density at radius 2 is 1.89 bits per heavy atom. The Balaban J connectivity index is 1.22. The molecule has 1 aromatic carbocycles. The molecule has 2 atom stereocenters. The van der Waals surface area contributed by atoms with E-state index in [0.29, 0.717) is 42.0 Å². The van der Waals surface area contributed by atoms with Crippen molar-refractivity contribution in [2.24, 2.45) is 0 Å². The van der Waals surface area contributed by atoms with Gasteiger partial charge >= 0.3 is 0 Å². The van der Waals surface area contributed by atoms with Crippen LogP contribution in [-0.2, 0) is 19.6 Å². The normalized spacial score (nSPS) is 24.1. The number of sulfonamides is 1. The molecule has 0 aliphatic carbocycles. The summed E-state index contributed by atoms with van der Waals surface area (Å²) < 4.78 is 28.4. The number of benzene rings is 1. The van der Waals surface area contributed by atoms with Gasteiger partial charge in [0.2, 0.25) is 17.0 Å². The van der Waals surface area contributed by atoms with E-state index >= 15 is 0 Å². The number of fused-ring (bicyclic) bond motifs is 1. The van der Waals surface area contributed by atoms with Crippen LogP contribution >= 0.6 is 11.6 Å². The average Bonchev–Trinajstić information content (AvgIpc) is 3.57. The van der Waals surface area contributed by atoms with Crippen LogP contribution in [0.4, 0.5) is 0 Å². The second kappa shape index (κ2) is 10.0. The van der Waals surface area contributed by atoms with E-state index in [1.54, 1.807) is 18.2 Å². The molecule has 4 heterocycles. The summed E-state index contributed by atoms with van der Waals surface area (Å²) in [5.74, 6) is -0.430. The third kappa shape index (κ3) is 5.32. The predicted octanol–water partition coefficient (Wildman–Crippen LogP) is 1.57. The van der Waals surface area contributed by atoms with Gasteiger partial charge in [-0.05, 0) is 69.8 Å². The van der Waals surface area contributed by atoms with Gasteiger partial charge < -0.3 is 19.7 Å². The van der Waals surface area contributed by atoms with E-state index in [4.69, 9.17) is 11.6 Å². The van der Waals surface area contributed by atoms with Crippen LogP contribution in [0.5, 0.6) is 0 Å². The average molecular weight is 523 g/mol. The van der Waals surface area contributed by atoms with Crippen LogP contribution in [0.2, 0.25) is 5.02 Å². The van der Waals surface area contributed by atoms with E-state index < -0.39 is 16.1 Å². The smallest absolute Gasteiger partial charge is 0.275 e. The van der Waals surface area contributed by atoms with Crippen LogP contribution in [0, 0.1) is 0 Å². The van der Waals surface area contributed by atoms with Crippen LogP contribution in [-0.4, -0.2) is 96.3 Å². The number of piperidine rings is 1. The highest BCUT2D eigenvalue weighted by atomic mass is 35.5. The van der Waals surface area contributed by atoms with Crippen molar-refractivity contribution < 1.29 is 18.0 Å². The SMILES string of the molecule is O=C1[C@@H](NS(=O)(=O)c2nc3ccc(Cl)cc3[nH]2)CCCN1CC(=O)N1CCC[C@H]1CN1CCCC1. The molecule has 0 unspecified atom stereocenters. The van der Waals surface area contributed by atoms with Crippen LogP contribution < -0.4 is 4.72 Å². The molecular formula is C23H31ClN6O4S. The maximum Gasteiger partial charge on any atom is 0.275 e. The summed E-state index contributed by atoms with van der Waals surface area (Å²) in [6.45, 7) is 4.20. The first kappa shape index (κ1) is 24.5. The van der Waals surface area contributed by atoms with E-state index in [1.165, 1.54) is 17.7 Å². The molecule has 0 radical (unpaired) electrons. The minimum Gasteiger partial charge on any atom is -0.337 e. The summed E-state index contributed by atoms with van der Waals surface area (Å²) in [5, 5.41) is 0.194.